The van der Waals surface area contributed by atoms with Gasteiger partial charge in [0.1, 0.15) is 0 Å². The van der Waals surface area contributed by atoms with Crippen molar-refractivity contribution in [3.05, 3.63) is 70.2 Å². The Morgan fingerprint density at radius 2 is 1.71 bits per heavy atom. The largest absolute Gasteiger partial charge is 0.216 e. The van der Waals surface area contributed by atoms with Gasteiger partial charge in [-0.15, -0.1) is 0 Å². The van der Waals surface area contributed by atoms with Gasteiger partial charge in [0.25, 0.3) is 0 Å². The van der Waals surface area contributed by atoms with Crippen molar-refractivity contribution in [3.63, 3.8) is 0 Å². The highest BCUT2D eigenvalue weighted by Crippen LogP contribution is 2.24. The van der Waals surface area contributed by atoms with E-state index in [0.29, 0.717) is 10.6 Å². The van der Waals surface area contributed by atoms with E-state index in [2.05, 4.69) is 37.6 Å². The summed E-state index contributed by atoms with van der Waals surface area (Å²) in [5, 5.41) is 0.536. The molecule has 24 heavy (non-hydrogen) atoms. The van der Waals surface area contributed by atoms with Crippen LogP contribution >= 0.6 is 11.6 Å². The molecule has 0 aliphatic rings. The van der Waals surface area contributed by atoms with E-state index in [4.69, 9.17) is 11.6 Å². The molecule has 1 atom stereocenters. The number of benzene rings is 2. The molecule has 0 amide bonds. The number of halogens is 1. The first-order valence-corrected chi connectivity index (χ1v) is 9.95. The Morgan fingerprint density at radius 1 is 1.08 bits per heavy atom. The van der Waals surface area contributed by atoms with E-state index in [1.165, 1.54) is 5.56 Å². The van der Waals surface area contributed by atoms with Gasteiger partial charge < -0.3 is 0 Å². The number of hydrogen-bond donors (Lipinski definition) is 1. The molecule has 0 bridgehead atoms. The van der Waals surface area contributed by atoms with Crippen LogP contribution in [0.15, 0.2) is 48.5 Å². The average Bonchev–Trinajstić information content (AvgIpc) is 2.45. The molecular weight excluding hydrogens is 342 g/mol. The number of rotatable bonds is 5. The van der Waals surface area contributed by atoms with Crippen LogP contribution < -0.4 is 4.72 Å². The van der Waals surface area contributed by atoms with Crippen molar-refractivity contribution >= 4 is 21.6 Å². The molecular formula is C19H24ClNO2S. The fourth-order valence-electron chi connectivity index (χ4n) is 2.50. The molecule has 0 aliphatic carbocycles. The van der Waals surface area contributed by atoms with Gasteiger partial charge in [0, 0.05) is 11.1 Å². The highest BCUT2D eigenvalue weighted by Gasteiger charge is 2.18. The maximum atomic E-state index is 12.4. The second kappa shape index (κ2) is 7.26. The van der Waals surface area contributed by atoms with Crippen LogP contribution in [-0.4, -0.2) is 8.42 Å². The normalized spacial score (nSPS) is 13.7. The summed E-state index contributed by atoms with van der Waals surface area (Å²) in [6.45, 7) is 8.30. The summed E-state index contributed by atoms with van der Waals surface area (Å²) in [7, 11) is -3.45. The molecule has 0 aromatic heterocycles. The van der Waals surface area contributed by atoms with Crippen molar-refractivity contribution in [1.29, 1.82) is 0 Å². The topological polar surface area (TPSA) is 46.2 Å². The second-order valence-electron chi connectivity index (χ2n) is 7.10. The monoisotopic (exact) mass is 365 g/mol. The number of sulfonamides is 1. The zero-order valence-corrected chi connectivity index (χ0v) is 16.1. The van der Waals surface area contributed by atoms with Crippen LogP contribution in [0.2, 0.25) is 5.02 Å². The summed E-state index contributed by atoms with van der Waals surface area (Å²) in [6.07, 6.45) is 0. The molecule has 0 spiro atoms. The van der Waals surface area contributed by atoms with Gasteiger partial charge in [-0.2, -0.15) is 0 Å². The van der Waals surface area contributed by atoms with Crippen molar-refractivity contribution in [1.82, 2.24) is 4.72 Å². The van der Waals surface area contributed by atoms with Crippen LogP contribution in [0.25, 0.3) is 0 Å². The van der Waals surface area contributed by atoms with E-state index in [-0.39, 0.29) is 17.2 Å². The van der Waals surface area contributed by atoms with Gasteiger partial charge in [-0.3, -0.25) is 0 Å². The van der Waals surface area contributed by atoms with Crippen molar-refractivity contribution in [2.75, 3.05) is 0 Å². The maximum Gasteiger partial charge on any atom is 0.216 e. The van der Waals surface area contributed by atoms with Gasteiger partial charge in [0.15, 0.2) is 0 Å². The summed E-state index contributed by atoms with van der Waals surface area (Å²) in [6, 6.07) is 14.7. The third-order valence-corrected chi connectivity index (χ3v) is 5.54. The first kappa shape index (κ1) is 19.0. The van der Waals surface area contributed by atoms with Crippen LogP contribution in [0.4, 0.5) is 0 Å². The zero-order valence-electron chi connectivity index (χ0n) is 14.5. The van der Waals surface area contributed by atoms with Crippen LogP contribution in [0.1, 0.15) is 50.4 Å². The Hall–Kier alpha value is -1.36. The van der Waals surface area contributed by atoms with Gasteiger partial charge in [-0.1, -0.05) is 68.8 Å². The van der Waals surface area contributed by atoms with Crippen molar-refractivity contribution < 1.29 is 8.42 Å². The van der Waals surface area contributed by atoms with Crippen LogP contribution in [0.5, 0.6) is 0 Å². The molecule has 2 aromatic carbocycles. The fraction of sp³-hybridized carbons (Fsp3) is 0.368. The Morgan fingerprint density at radius 3 is 2.25 bits per heavy atom. The minimum Gasteiger partial charge on any atom is -0.212 e. The number of nitrogens with one attached hydrogen (secondary N) is 1. The minimum atomic E-state index is -3.45. The predicted molar refractivity (Wildman–Crippen MR) is 101 cm³/mol. The molecule has 5 heteroatoms. The Bertz CT molecular complexity index is 793. The number of hydrogen-bond acceptors (Lipinski definition) is 2. The first-order chi connectivity index (χ1) is 11.1. The highest BCUT2D eigenvalue weighted by molar-refractivity contribution is 7.88. The molecule has 3 nitrogen and oxygen atoms in total. The quantitative estimate of drug-likeness (QED) is 0.825. The zero-order chi connectivity index (χ0) is 18.0. The van der Waals surface area contributed by atoms with Crippen molar-refractivity contribution in [3.8, 4) is 0 Å². The van der Waals surface area contributed by atoms with Crippen molar-refractivity contribution in [2.24, 2.45) is 0 Å². The van der Waals surface area contributed by atoms with Gasteiger partial charge >= 0.3 is 0 Å². The van der Waals surface area contributed by atoms with E-state index in [1.54, 1.807) is 24.3 Å². The molecule has 130 valence electrons. The smallest absolute Gasteiger partial charge is 0.212 e. The lowest BCUT2D eigenvalue weighted by molar-refractivity contribution is 0.565. The molecule has 0 aliphatic heterocycles. The summed E-state index contributed by atoms with van der Waals surface area (Å²) in [5.41, 5.74) is 2.91. The maximum absolute atomic E-state index is 12.4. The summed E-state index contributed by atoms with van der Waals surface area (Å²) >= 11 is 5.91. The Labute approximate surface area is 150 Å². The van der Waals surface area contributed by atoms with E-state index in [0.717, 1.165) is 5.56 Å². The van der Waals surface area contributed by atoms with Gasteiger partial charge in [0.05, 0.1) is 5.75 Å². The van der Waals surface area contributed by atoms with Gasteiger partial charge in [-0.05, 0) is 41.2 Å². The molecule has 0 unspecified atom stereocenters. The lowest BCUT2D eigenvalue weighted by atomic mass is 9.86. The molecule has 0 fully saturated rings. The lowest BCUT2D eigenvalue weighted by Crippen LogP contribution is -2.28. The molecule has 0 heterocycles. The van der Waals surface area contributed by atoms with Crippen LogP contribution in [-0.2, 0) is 21.2 Å². The molecule has 2 aromatic rings. The van der Waals surface area contributed by atoms with E-state index in [1.807, 2.05) is 19.1 Å². The predicted octanol–water partition coefficient (Wildman–Crippen LogP) is 4.82. The second-order valence-corrected chi connectivity index (χ2v) is 9.29. The summed E-state index contributed by atoms with van der Waals surface area (Å²) in [5.74, 6) is -0.0853. The SMILES string of the molecule is C[C@H](NS(=O)(=O)Cc1cccc(Cl)c1)c1ccc(C(C)(C)C)cc1. The third-order valence-electron chi connectivity index (χ3n) is 3.88. The Balaban J connectivity index is 2.09. The van der Waals surface area contributed by atoms with E-state index in [9.17, 15) is 8.42 Å². The standard InChI is InChI=1S/C19H24ClNO2S/c1-14(16-8-10-17(11-9-16)19(2,3)4)21-24(22,23)13-15-6-5-7-18(20)12-15/h5-12,14,21H,13H2,1-4H3/t14-/m0/s1. The van der Waals surface area contributed by atoms with Crippen LogP contribution in [0.3, 0.4) is 0 Å². The molecule has 0 saturated carbocycles. The van der Waals surface area contributed by atoms with Gasteiger partial charge in [0.2, 0.25) is 10.0 Å². The third kappa shape index (κ3) is 5.33. The average molecular weight is 366 g/mol. The highest BCUT2D eigenvalue weighted by atomic mass is 35.5. The minimum absolute atomic E-state index is 0.0772. The van der Waals surface area contributed by atoms with Gasteiger partial charge in [-0.25, -0.2) is 13.1 Å². The van der Waals surface area contributed by atoms with Crippen LogP contribution in [0, 0.1) is 0 Å². The van der Waals surface area contributed by atoms with E-state index < -0.39 is 10.0 Å². The molecule has 1 N–H and O–H groups in total. The van der Waals surface area contributed by atoms with Crippen molar-refractivity contribution in [2.45, 2.75) is 44.9 Å². The Kier molecular flexibility index (Phi) is 5.74. The fourth-order valence-corrected chi connectivity index (χ4v) is 4.09. The van der Waals surface area contributed by atoms with E-state index >= 15 is 0 Å². The summed E-state index contributed by atoms with van der Waals surface area (Å²) < 4.78 is 27.5. The lowest BCUT2D eigenvalue weighted by Gasteiger charge is -2.20. The first-order valence-electron chi connectivity index (χ1n) is 7.92. The molecule has 0 saturated heterocycles. The molecule has 2 rings (SSSR count). The summed E-state index contributed by atoms with van der Waals surface area (Å²) in [4.78, 5) is 0. The molecule has 0 radical (unpaired) electrons.